The average Bonchev–Trinajstić information content (AvgIpc) is 3.80. The van der Waals surface area contributed by atoms with Crippen LogP contribution in [-0.2, 0) is 0 Å². The van der Waals surface area contributed by atoms with Crippen molar-refractivity contribution < 1.29 is 0 Å². The van der Waals surface area contributed by atoms with E-state index in [0.717, 1.165) is 71.7 Å². The molecule has 3 heterocycles. The van der Waals surface area contributed by atoms with Gasteiger partial charge in [0.2, 0.25) is 5.95 Å². The Morgan fingerprint density at radius 3 is 1.30 bits per heavy atom. The van der Waals surface area contributed by atoms with E-state index in [-0.39, 0.29) is 0 Å². The minimum atomic E-state index is 0.564. The first-order valence-corrected chi connectivity index (χ1v) is 18.9. The number of fused-ring (bicyclic) bond motifs is 7. The van der Waals surface area contributed by atoms with Gasteiger partial charge < -0.3 is 4.57 Å². The molecule has 0 atom stereocenters. The lowest BCUT2D eigenvalue weighted by molar-refractivity contribution is 0.953. The molecule has 11 aromatic rings. The van der Waals surface area contributed by atoms with Crippen molar-refractivity contribution in [2.75, 3.05) is 0 Å². The fourth-order valence-corrected chi connectivity index (χ4v) is 8.24. The van der Waals surface area contributed by atoms with Gasteiger partial charge in [-0.25, -0.2) is 4.98 Å². The molecule has 0 bridgehead atoms. The molecule has 5 nitrogen and oxygen atoms in total. The van der Waals surface area contributed by atoms with Crippen LogP contribution in [0.5, 0.6) is 0 Å². The van der Waals surface area contributed by atoms with Gasteiger partial charge in [0.25, 0.3) is 0 Å². The number of nitrogens with zero attached hydrogens (tertiary/aromatic N) is 5. The Morgan fingerprint density at radius 1 is 0.304 bits per heavy atom. The predicted octanol–water partition coefficient (Wildman–Crippen LogP) is 12.7. The van der Waals surface area contributed by atoms with Gasteiger partial charge >= 0.3 is 0 Å². The summed E-state index contributed by atoms with van der Waals surface area (Å²) in [6, 6.07) is 70.4. The zero-order chi connectivity index (χ0) is 37.0. The van der Waals surface area contributed by atoms with Gasteiger partial charge in [0.15, 0.2) is 11.6 Å². The molecule has 0 saturated heterocycles. The molecule has 0 aliphatic heterocycles. The van der Waals surface area contributed by atoms with E-state index in [9.17, 15) is 0 Å². The van der Waals surface area contributed by atoms with E-state index in [2.05, 4.69) is 173 Å². The van der Waals surface area contributed by atoms with Crippen molar-refractivity contribution in [3.05, 3.63) is 200 Å². The number of hydrogen-bond acceptors (Lipinski definition) is 3. The summed E-state index contributed by atoms with van der Waals surface area (Å²) in [7, 11) is 0. The zero-order valence-electron chi connectivity index (χ0n) is 30.3. The summed E-state index contributed by atoms with van der Waals surface area (Å²) in [6.45, 7) is 0. The minimum Gasteiger partial charge on any atom is -0.307 e. The first kappa shape index (κ1) is 31.9. The van der Waals surface area contributed by atoms with E-state index in [1.807, 2.05) is 36.4 Å². The van der Waals surface area contributed by atoms with Gasteiger partial charge in [0.1, 0.15) is 0 Å². The lowest BCUT2D eigenvalue weighted by atomic mass is 9.98. The highest BCUT2D eigenvalue weighted by Crippen LogP contribution is 2.44. The summed E-state index contributed by atoms with van der Waals surface area (Å²) >= 11 is 0. The zero-order valence-corrected chi connectivity index (χ0v) is 30.3. The SMILES string of the molecule is c1ccc(-c2ccc(-c3ccccc3)c(-n3c4ccccc4c4ccc5c6ccccc6n(-c6nc(-c7ccccc7)nc(-c7ccccc7)n6)c5c43)c2)cc1. The molecule has 3 aromatic heterocycles. The second-order valence-electron chi connectivity index (χ2n) is 14.0. The molecular formula is C51H33N5. The molecule has 0 N–H and O–H groups in total. The Morgan fingerprint density at radius 2 is 0.750 bits per heavy atom. The maximum absolute atomic E-state index is 5.29. The van der Waals surface area contributed by atoms with Crippen LogP contribution in [0, 0.1) is 0 Å². The Labute approximate surface area is 323 Å². The van der Waals surface area contributed by atoms with Gasteiger partial charge in [-0.15, -0.1) is 0 Å². The van der Waals surface area contributed by atoms with Gasteiger partial charge in [-0.2, -0.15) is 9.97 Å². The Balaban J connectivity index is 1.31. The topological polar surface area (TPSA) is 48.5 Å². The Kier molecular flexibility index (Phi) is 7.42. The fraction of sp³-hybridized carbons (Fsp3) is 0. The molecule has 8 aromatic carbocycles. The van der Waals surface area contributed by atoms with E-state index < -0.39 is 0 Å². The molecule has 0 amide bonds. The molecule has 0 saturated carbocycles. The molecular weight excluding hydrogens is 683 g/mol. The third kappa shape index (κ3) is 5.13. The minimum absolute atomic E-state index is 0.564. The van der Waals surface area contributed by atoms with Crippen molar-refractivity contribution >= 4 is 43.6 Å². The maximum atomic E-state index is 5.29. The number of para-hydroxylation sites is 2. The largest absolute Gasteiger partial charge is 0.307 e. The van der Waals surface area contributed by atoms with E-state index in [1.165, 1.54) is 10.9 Å². The van der Waals surface area contributed by atoms with Crippen LogP contribution in [0.1, 0.15) is 0 Å². The highest BCUT2D eigenvalue weighted by atomic mass is 15.2. The third-order valence-corrected chi connectivity index (χ3v) is 10.8. The molecule has 5 heteroatoms. The highest BCUT2D eigenvalue weighted by Gasteiger charge is 2.24. The van der Waals surface area contributed by atoms with Gasteiger partial charge in [0.05, 0.1) is 27.8 Å². The quantitative estimate of drug-likeness (QED) is 0.172. The second kappa shape index (κ2) is 13.0. The standard InChI is InChI=1S/C51H33N5/c1-5-17-34(18-6-1)38-29-30-39(35-19-7-2-8-20-35)46(33-38)55-44-27-15-13-25-40(44)42-31-32-43-41-26-14-16-28-45(41)56(48(43)47(42)55)51-53-49(36-21-9-3-10-22-36)52-50(54-51)37-23-11-4-12-24-37/h1-33H. The smallest absolute Gasteiger partial charge is 0.238 e. The van der Waals surface area contributed by atoms with Crippen LogP contribution in [0.4, 0.5) is 0 Å². The van der Waals surface area contributed by atoms with Crippen molar-refractivity contribution in [1.82, 2.24) is 24.1 Å². The lowest BCUT2D eigenvalue weighted by Gasteiger charge is -2.17. The van der Waals surface area contributed by atoms with Gasteiger partial charge in [-0.05, 0) is 34.9 Å². The van der Waals surface area contributed by atoms with Crippen LogP contribution >= 0.6 is 0 Å². The van der Waals surface area contributed by atoms with Gasteiger partial charge in [-0.1, -0.05) is 182 Å². The monoisotopic (exact) mass is 715 g/mol. The predicted molar refractivity (Wildman–Crippen MR) is 230 cm³/mol. The average molecular weight is 716 g/mol. The fourth-order valence-electron chi connectivity index (χ4n) is 8.24. The molecule has 11 rings (SSSR count). The second-order valence-corrected chi connectivity index (χ2v) is 14.0. The van der Waals surface area contributed by atoms with Crippen molar-refractivity contribution in [2.24, 2.45) is 0 Å². The summed E-state index contributed by atoms with van der Waals surface area (Å²) < 4.78 is 4.72. The first-order valence-electron chi connectivity index (χ1n) is 18.9. The van der Waals surface area contributed by atoms with Crippen LogP contribution < -0.4 is 0 Å². The Hall–Kier alpha value is -7.63. The molecule has 0 radical (unpaired) electrons. The van der Waals surface area contributed by atoms with E-state index in [1.54, 1.807) is 0 Å². The molecule has 0 aliphatic rings. The summed E-state index contributed by atoms with van der Waals surface area (Å²) in [4.78, 5) is 15.6. The van der Waals surface area contributed by atoms with Crippen molar-refractivity contribution in [3.63, 3.8) is 0 Å². The van der Waals surface area contributed by atoms with E-state index in [4.69, 9.17) is 15.0 Å². The molecule has 0 unspecified atom stereocenters. The Bertz CT molecular complexity index is 3160. The molecule has 262 valence electrons. The van der Waals surface area contributed by atoms with Crippen LogP contribution in [-0.4, -0.2) is 24.1 Å². The maximum Gasteiger partial charge on any atom is 0.238 e. The van der Waals surface area contributed by atoms with Crippen LogP contribution in [0.15, 0.2) is 200 Å². The summed E-state index contributed by atoms with van der Waals surface area (Å²) in [5.74, 6) is 1.81. The number of hydrogen-bond donors (Lipinski definition) is 0. The molecule has 0 aliphatic carbocycles. The van der Waals surface area contributed by atoms with Gasteiger partial charge in [0, 0.05) is 38.2 Å². The molecule has 56 heavy (non-hydrogen) atoms. The number of aromatic nitrogens is 5. The van der Waals surface area contributed by atoms with Crippen LogP contribution in [0.3, 0.4) is 0 Å². The van der Waals surface area contributed by atoms with E-state index in [0.29, 0.717) is 17.6 Å². The van der Waals surface area contributed by atoms with Crippen molar-refractivity contribution in [2.45, 2.75) is 0 Å². The summed E-state index contributed by atoms with van der Waals surface area (Å²) in [5, 5.41) is 4.59. The van der Waals surface area contributed by atoms with Crippen molar-refractivity contribution in [1.29, 1.82) is 0 Å². The van der Waals surface area contributed by atoms with Gasteiger partial charge in [-0.3, -0.25) is 4.57 Å². The summed E-state index contributed by atoms with van der Waals surface area (Å²) in [6.07, 6.45) is 0. The van der Waals surface area contributed by atoms with Crippen LogP contribution in [0.2, 0.25) is 0 Å². The highest BCUT2D eigenvalue weighted by molar-refractivity contribution is 6.24. The first-order chi connectivity index (χ1) is 27.8. The summed E-state index contributed by atoms with van der Waals surface area (Å²) in [5.41, 5.74) is 11.8. The molecule has 0 fully saturated rings. The number of benzene rings is 8. The molecule has 0 spiro atoms. The number of rotatable bonds is 6. The van der Waals surface area contributed by atoms with Crippen LogP contribution in [0.25, 0.3) is 100 Å². The normalized spacial score (nSPS) is 11.6. The van der Waals surface area contributed by atoms with E-state index >= 15 is 0 Å². The third-order valence-electron chi connectivity index (χ3n) is 10.8. The lowest BCUT2D eigenvalue weighted by Crippen LogP contribution is -2.07. The van der Waals surface area contributed by atoms with Crippen molar-refractivity contribution in [3.8, 4) is 56.7 Å².